The predicted molar refractivity (Wildman–Crippen MR) is 74.6 cm³/mol. The predicted octanol–water partition coefficient (Wildman–Crippen LogP) is 2.44. The summed E-state index contributed by atoms with van der Waals surface area (Å²) in [6.07, 6.45) is 3.30. The highest BCUT2D eigenvalue weighted by Crippen LogP contribution is 2.23. The van der Waals surface area contributed by atoms with Crippen molar-refractivity contribution < 1.29 is 4.79 Å². The molecule has 17 heavy (non-hydrogen) atoms. The summed E-state index contributed by atoms with van der Waals surface area (Å²) in [5.41, 5.74) is -0.173. The Balaban J connectivity index is 0.00000256. The summed E-state index contributed by atoms with van der Waals surface area (Å²) in [6, 6.07) is 0. The monoisotopic (exact) mass is 262 g/mol. The second kappa shape index (κ2) is 6.05. The topological polar surface area (TPSA) is 32.3 Å². The summed E-state index contributed by atoms with van der Waals surface area (Å²) in [4.78, 5) is 14.2. The van der Waals surface area contributed by atoms with E-state index in [9.17, 15) is 4.79 Å². The molecule has 0 radical (unpaired) electrons. The minimum Gasteiger partial charge on any atom is -0.344 e. The van der Waals surface area contributed by atoms with E-state index in [1.807, 2.05) is 18.9 Å². The first-order chi connectivity index (χ1) is 7.25. The van der Waals surface area contributed by atoms with E-state index in [0.717, 1.165) is 25.9 Å². The molecule has 0 aliphatic carbocycles. The van der Waals surface area contributed by atoms with Crippen LogP contribution in [0, 0.1) is 5.41 Å². The van der Waals surface area contributed by atoms with E-state index >= 15 is 0 Å². The number of nitrogens with zero attached hydrogens (tertiary/aromatic N) is 1. The summed E-state index contributed by atoms with van der Waals surface area (Å²) >= 11 is 0. The van der Waals surface area contributed by atoms with E-state index in [4.69, 9.17) is 0 Å². The molecule has 0 aromatic heterocycles. The van der Waals surface area contributed by atoms with Crippen molar-refractivity contribution in [3.05, 3.63) is 0 Å². The van der Waals surface area contributed by atoms with Gasteiger partial charge in [0.05, 0.1) is 5.54 Å². The molecule has 102 valence electrons. The number of likely N-dealkylation sites (N-methyl/N-ethyl adjacent to an activating group) is 1. The normalized spacial score (nSPS) is 25.0. The van der Waals surface area contributed by atoms with Crippen molar-refractivity contribution in [3.8, 4) is 0 Å². The lowest BCUT2D eigenvalue weighted by Crippen LogP contribution is -2.58. The molecule has 1 aliphatic heterocycles. The van der Waals surface area contributed by atoms with Crippen molar-refractivity contribution in [2.75, 3.05) is 20.1 Å². The number of halogens is 1. The first-order valence-corrected chi connectivity index (χ1v) is 6.25. The highest BCUT2D eigenvalue weighted by atomic mass is 35.5. The van der Waals surface area contributed by atoms with Gasteiger partial charge in [-0.25, -0.2) is 0 Å². The quantitative estimate of drug-likeness (QED) is 0.829. The molecule has 0 spiro atoms. The van der Waals surface area contributed by atoms with E-state index < -0.39 is 0 Å². The number of hydrogen-bond donors (Lipinski definition) is 1. The molecule has 1 heterocycles. The van der Waals surface area contributed by atoms with Crippen LogP contribution in [0.15, 0.2) is 0 Å². The number of amides is 1. The maximum atomic E-state index is 12.4. The van der Waals surface area contributed by atoms with Gasteiger partial charge in [0.25, 0.3) is 0 Å². The van der Waals surface area contributed by atoms with Gasteiger partial charge in [-0.3, -0.25) is 4.79 Å². The Labute approximate surface area is 112 Å². The smallest absolute Gasteiger partial charge is 0.242 e. The fourth-order valence-electron chi connectivity index (χ4n) is 2.44. The molecule has 4 heteroatoms. The second-order valence-electron chi connectivity index (χ2n) is 6.44. The van der Waals surface area contributed by atoms with Crippen molar-refractivity contribution in [2.24, 2.45) is 5.41 Å². The third-order valence-electron chi connectivity index (χ3n) is 3.15. The van der Waals surface area contributed by atoms with Gasteiger partial charge in [-0.15, -0.1) is 12.4 Å². The largest absolute Gasteiger partial charge is 0.344 e. The second-order valence-corrected chi connectivity index (χ2v) is 6.44. The van der Waals surface area contributed by atoms with Gasteiger partial charge in [-0.1, -0.05) is 20.8 Å². The van der Waals surface area contributed by atoms with E-state index in [1.54, 1.807) is 0 Å². The molecular formula is C13H27ClN2O. The number of nitrogens with one attached hydrogen (secondary N) is 1. The van der Waals surface area contributed by atoms with Gasteiger partial charge >= 0.3 is 0 Å². The van der Waals surface area contributed by atoms with Crippen LogP contribution in [0.1, 0.15) is 47.0 Å². The van der Waals surface area contributed by atoms with Crippen LogP contribution >= 0.6 is 12.4 Å². The molecule has 1 rings (SSSR count). The van der Waals surface area contributed by atoms with Crippen molar-refractivity contribution in [1.29, 1.82) is 0 Å². The van der Waals surface area contributed by atoms with Crippen molar-refractivity contribution in [2.45, 2.75) is 52.5 Å². The molecule has 1 saturated heterocycles. The Bertz CT molecular complexity index is 255. The molecule has 3 nitrogen and oxygen atoms in total. The van der Waals surface area contributed by atoms with Gasteiger partial charge in [0.2, 0.25) is 5.91 Å². The van der Waals surface area contributed by atoms with Crippen LogP contribution < -0.4 is 5.32 Å². The molecular weight excluding hydrogens is 236 g/mol. The fourth-order valence-corrected chi connectivity index (χ4v) is 2.44. The van der Waals surface area contributed by atoms with E-state index in [-0.39, 0.29) is 29.3 Å². The third kappa shape index (κ3) is 4.84. The molecule has 0 bridgehead atoms. The minimum atomic E-state index is -0.335. The van der Waals surface area contributed by atoms with Gasteiger partial charge < -0.3 is 10.2 Å². The van der Waals surface area contributed by atoms with E-state index in [2.05, 4.69) is 26.1 Å². The van der Waals surface area contributed by atoms with Crippen LogP contribution in [0.5, 0.6) is 0 Å². The maximum absolute atomic E-state index is 12.4. The summed E-state index contributed by atoms with van der Waals surface area (Å²) in [7, 11) is 1.91. The van der Waals surface area contributed by atoms with Crippen LogP contribution in [-0.2, 0) is 4.79 Å². The first kappa shape index (κ1) is 16.7. The Morgan fingerprint density at radius 2 is 1.94 bits per heavy atom. The highest BCUT2D eigenvalue weighted by Gasteiger charge is 2.37. The zero-order chi connectivity index (χ0) is 12.4. The van der Waals surface area contributed by atoms with Crippen LogP contribution in [0.3, 0.4) is 0 Å². The summed E-state index contributed by atoms with van der Waals surface area (Å²) in [5, 5.41) is 3.37. The average molecular weight is 263 g/mol. The number of rotatable bonds is 2. The van der Waals surface area contributed by atoms with Gasteiger partial charge in [-0.2, -0.15) is 0 Å². The number of hydrogen-bond acceptors (Lipinski definition) is 2. The van der Waals surface area contributed by atoms with E-state index in [1.165, 1.54) is 6.42 Å². The van der Waals surface area contributed by atoms with Crippen molar-refractivity contribution >= 4 is 18.3 Å². The molecule has 1 fully saturated rings. The Morgan fingerprint density at radius 1 is 1.35 bits per heavy atom. The van der Waals surface area contributed by atoms with E-state index in [0.29, 0.717) is 0 Å². The zero-order valence-corrected chi connectivity index (χ0v) is 12.6. The molecule has 1 amide bonds. The van der Waals surface area contributed by atoms with Crippen molar-refractivity contribution in [3.63, 3.8) is 0 Å². The van der Waals surface area contributed by atoms with Gasteiger partial charge in [0, 0.05) is 13.6 Å². The first-order valence-electron chi connectivity index (χ1n) is 6.25. The van der Waals surface area contributed by atoms with Crippen molar-refractivity contribution in [1.82, 2.24) is 10.2 Å². The molecule has 1 N–H and O–H groups in total. The summed E-state index contributed by atoms with van der Waals surface area (Å²) < 4.78 is 0. The molecule has 0 saturated carbocycles. The minimum absolute atomic E-state index is 0. The number of carbonyl (C=O) groups is 1. The molecule has 1 aliphatic rings. The lowest BCUT2D eigenvalue weighted by atomic mass is 9.88. The Morgan fingerprint density at radius 3 is 2.35 bits per heavy atom. The Hall–Kier alpha value is -0.280. The maximum Gasteiger partial charge on any atom is 0.242 e. The standard InChI is InChI=1S/C13H26N2O.ClH/c1-12(2,3)10-15(5)11(16)13(4)8-6-7-9-14-13;/h14H,6-10H2,1-5H3;1H. The highest BCUT2D eigenvalue weighted by molar-refractivity contribution is 5.86. The molecule has 1 atom stereocenters. The fraction of sp³-hybridized carbons (Fsp3) is 0.923. The van der Waals surface area contributed by atoms with Crippen LogP contribution in [-0.4, -0.2) is 36.5 Å². The zero-order valence-electron chi connectivity index (χ0n) is 11.8. The molecule has 0 aromatic rings. The number of piperidine rings is 1. The lowest BCUT2D eigenvalue weighted by molar-refractivity contribution is -0.138. The molecule has 1 unspecified atom stereocenters. The molecule has 0 aromatic carbocycles. The summed E-state index contributed by atoms with van der Waals surface area (Å²) in [6.45, 7) is 10.3. The summed E-state index contributed by atoms with van der Waals surface area (Å²) in [5.74, 6) is 0.238. The SMILES string of the molecule is CN(CC(C)(C)C)C(=O)C1(C)CCCCN1.Cl. The Kier molecular flexibility index (Phi) is 5.95. The van der Waals surface area contributed by atoms with Gasteiger partial charge in [-0.05, 0) is 38.1 Å². The lowest BCUT2D eigenvalue weighted by Gasteiger charge is -2.38. The van der Waals surface area contributed by atoms with Crippen LogP contribution in [0.4, 0.5) is 0 Å². The van der Waals surface area contributed by atoms with Gasteiger partial charge in [0.15, 0.2) is 0 Å². The van der Waals surface area contributed by atoms with Gasteiger partial charge in [0.1, 0.15) is 0 Å². The third-order valence-corrected chi connectivity index (χ3v) is 3.15. The average Bonchev–Trinajstić information content (AvgIpc) is 2.15. The van der Waals surface area contributed by atoms with Crippen LogP contribution in [0.25, 0.3) is 0 Å². The van der Waals surface area contributed by atoms with Crippen LogP contribution in [0.2, 0.25) is 0 Å². The number of carbonyl (C=O) groups excluding carboxylic acids is 1.